The first-order chi connectivity index (χ1) is 17.4. The number of amides is 2. The van der Waals surface area contributed by atoms with Crippen LogP contribution in [0.2, 0.25) is 0 Å². The molecule has 9 heteroatoms. The molecule has 36 heavy (non-hydrogen) atoms. The summed E-state index contributed by atoms with van der Waals surface area (Å²) in [6, 6.07) is 15.1. The van der Waals surface area contributed by atoms with Crippen LogP contribution in [0.25, 0.3) is 10.1 Å². The topological polar surface area (TPSA) is 104 Å². The minimum atomic E-state index is -0.534. The summed E-state index contributed by atoms with van der Waals surface area (Å²) in [5, 5.41) is 7.42. The Bertz CT molecular complexity index is 1170. The second-order valence-electron chi connectivity index (χ2n) is 9.61. The number of anilines is 2. The maximum atomic E-state index is 12.8. The molecule has 2 aromatic carbocycles. The predicted molar refractivity (Wildman–Crippen MR) is 148 cm³/mol. The van der Waals surface area contributed by atoms with Gasteiger partial charge in [-0.2, -0.15) is 4.37 Å². The first kappa shape index (κ1) is 25.9. The van der Waals surface area contributed by atoms with Gasteiger partial charge in [0.1, 0.15) is 11.9 Å². The fourth-order valence-electron chi connectivity index (χ4n) is 4.58. The van der Waals surface area contributed by atoms with Gasteiger partial charge in [0.25, 0.3) is 5.91 Å². The van der Waals surface area contributed by atoms with Crippen LogP contribution in [0.4, 0.5) is 11.5 Å². The summed E-state index contributed by atoms with van der Waals surface area (Å²) in [7, 11) is 0. The molecular formula is C27H36N6O2S. The van der Waals surface area contributed by atoms with Gasteiger partial charge in [0.2, 0.25) is 5.91 Å². The van der Waals surface area contributed by atoms with Crippen molar-refractivity contribution in [2.75, 3.05) is 49.5 Å². The van der Waals surface area contributed by atoms with Crippen molar-refractivity contribution in [3.63, 3.8) is 0 Å². The summed E-state index contributed by atoms with van der Waals surface area (Å²) in [5.74, 6) is 0.555. The van der Waals surface area contributed by atoms with Gasteiger partial charge < -0.3 is 21.3 Å². The van der Waals surface area contributed by atoms with Gasteiger partial charge in [0.05, 0.1) is 10.3 Å². The molecule has 1 saturated heterocycles. The van der Waals surface area contributed by atoms with Gasteiger partial charge in [-0.1, -0.05) is 38.1 Å². The van der Waals surface area contributed by atoms with Crippen LogP contribution >= 0.6 is 11.5 Å². The second kappa shape index (κ2) is 12.2. The summed E-state index contributed by atoms with van der Waals surface area (Å²) in [6.45, 7) is 9.49. The molecule has 4 N–H and O–H groups in total. The zero-order chi connectivity index (χ0) is 25.5. The van der Waals surface area contributed by atoms with E-state index in [1.165, 1.54) is 10.1 Å². The Hall–Kier alpha value is -3.17. The smallest absolute Gasteiger partial charge is 0.253 e. The largest absolute Gasteiger partial charge is 0.373 e. The van der Waals surface area contributed by atoms with E-state index in [2.05, 4.69) is 44.7 Å². The van der Waals surface area contributed by atoms with Crippen LogP contribution in [0.15, 0.2) is 48.5 Å². The molecule has 0 bridgehead atoms. The van der Waals surface area contributed by atoms with Gasteiger partial charge in [0, 0.05) is 43.8 Å². The van der Waals surface area contributed by atoms with Crippen molar-refractivity contribution in [1.29, 1.82) is 0 Å². The van der Waals surface area contributed by atoms with E-state index in [-0.39, 0.29) is 11.8 Å². The van der Waals surface area contributed by atoms with E-state index < -0.39 is 11.9 Å². The van der Waals surface area contributed by atoms with Crippen LogP contribution in [-0.4, -0.2) is 66.4 Å². The third-order valence-corrected chi connectivity index (χ3v) is 7.49. The summed E-state index contributed by atoms with van der Waals surface area (Å²) in [6.07, 6.45) is 1.94. The maximum Gasteiger partial charge on any atom is 0.253 e. The van der Waals surface area contributed by atoms with E-state index in [0.717, 1.165) is 51.4 Å². The van der Waals surface area contributed by atoms with Crippen molar-refractivity contribution in [3.05, 3.63) is 54.1 Å². The third kappa shape index (κ3) is 6.33. The van der Waals surface area contributed by atoms with Gasteiger partial charge in [0.15, 0.2) is 0 Å². The second-order valence-corrected chi connectivity index (χ2v) is 10.4. The molecule has 8 nitrogen and oxygen atoms in total. The molecule has 0 spiro atoms. The molecule has 1 aliphatic heterocycles. The quantitative estimate of drug-likeness (QED) is 0.342. The highest BCUT2D eigenvalue weighted by Gasteiger charge is 2.22. The van der Waals surface area contributed by atoms with E-state index in [4.69, 9.17) is 10.1 Å². The molecule has 2 amide bonds. The highest BCUT2D eigenvalue weighted by atomic mass is 32.1. The van der Waals surface area contributed by atoms with Crippen molar-refractivity contribution < 1.29 is 9.59 Å². The number of hydrogen-bond donors (Lipinski definition) is 3. The Morgan fingerprint density at radius 1 is 1.03 bits per heavy atom. The molecular weight excluding hydrogens is 472 g/mol. The Labute approximate surface area is 217 Å². The number of fused-ring (bicyclic) bond motifs is 1. The Balaban J connectivity index is 1.19. The molecule has 1 aliphatic rings. The summed E-state index contributed by atoms with van der Waals surface area (Å²) in [4.78, 5) is 29.5. The average molecular weight is 509 g/mol. The van der Waals surface area contributed by atoms with E-state index in [0.29, 0.717) is 17.8 Å². The number of nitrogens with zero attached hydrogens (tertiary/aromatic N) is 3. The van der Waals surface area contributed by atoms with Gasteiger partial charge in [-0.25, -0.2) is 0 Å². The average Bonchev–Trinajstić information content (AvgIpc) is 3.31. The number of nitrogens with two attached hydrogens (primary N) is 1. The van der Waals surface area contributed by atoms with Crippen LogP contribution in [0.5, 0.6) is 0 Å². The molecule has 1 atom stereocenters. The number of rotatable bonds is 11. The van der Waals surface area contributed by atoms with Gasteiger partial charge in [-0.05, 0) is 61.1 Å². The number of carbonyl (C=O) groups excluding carboxylic acids is 2. The van der Waals surface area contributed by atoms with E-state index >= 15 is 0 Å². The van der Waals surface area contributed by atoms with Gasteiger partial charge in [-0.15, -0.1) is 0 Å². The molecule has 0 aliphatic carbocycles. The Kier molecular flexibility index (Phi) is 8.77. The predicted octanol–water partition coefficient (Wildman–Crippen LogP) is 3.55. The van der Waals surface area contributed by atoms with Crippen LogP contribution in [-0.2, 0) is 4.79 Å². The molecule has 192 valence electrons. The lowest BCUT2D eigenvalue weighted by Crippen LogP contribution is -2.46. The lowest BCUT2D eigenvalue weighted by Gasteiger charge is -2.35. The number of benzene rings is 2. The first-order valence-corrected chi connectivity index (χ1v) is 13.5. The fraction of sp³-hybridized carbons (Fsp3) is 0.444. The molecule has 0 saturated carbocycles. The van der Waals surface area contributed by atoms with Crippen LogP contribution < -0.4 is 21.3 Å². The van der Waals surface area contributed by atoms with Crippen molar-refractivity contribution in [2.45, 2.75) is 32.7 Å². The Morgan fingerprint density at radius 2 is 1.75 bits per heavy atom. The highest BCUT2D eigenvalue weighted by molar-refractivity contribution is 7.13. The van der Waals surface area contributed by atoms with Crippen molar-refractivity contribution in [3.8, 4) is 0 Å². The molecule has 1 fully saturated rings. The molecule has 0 unspecified atom stereocenters. The summed E-state index contributed by atoms with van der Waals surface area (Å²) >= 11 is 1.57. The van der Waals surface area contributed by atoms with Crippen molar-refractivity contribution >= 4 is 44.9 Å². The van der Waals surface area contributed by atoms with Crippen molar-refractivity contribution in [1.82, 2.24) is 14.6 Å². The number of piperazine rings is 1. The van der Waals surface area contributed by atoms with Crippen LogP contribution in [0, 0.1) is 5.92 Å². The summed E-state index contributed by atoms with van der Waals surface area (Å²) in [5.41, 5.74) is 6.68. The lowest BCUT2D eigenvalue weighted by molar-refractivity contribution is -0.119. The number of para-hydroxylation sites is 1. The molecule has 4 rings (SSSR count). The third-order valence-electron chi connectivity index (χ3n) is 6.67. The standard InChI is InChI=1S/C27H36N6O2S/c1-19(2)24(25(28)34)30-22-11-5-3-9-20(22)27(35)29-13-7-8-14-32-15-17-33(18-16-32)26-21-10-4-6-12-23(21)36-31-26/h3-6,9-12,19,24,30H,7-8,13-18H2,1-2H3,(H2,28,34)(H,29,35)/t24-/m1/s1. The normalized spacial score (nSPS) is 15.2. The van der Waals surface area contributed by atoms with E-state index in [1.54, 1.807) is 23.7 Å². The zero-order valence-corrected chi connectivity index (χ0v) is 21.9. The number of carbonyl (C=O) groups is 2. The van der Waals surface area contributed by atoms with E-state index in [9.17, 15) is 9.59 Å². The lowest BCUT2D eigenvalue weighted by atomic mass is 10.0. The minimum Gasteiger partial charge on any atom is -0.373 e. The molecule has 1 aromatic heterocycles. The minimum absolute atomic E-state index is 0.0151. The maximum absolute atomic E-state index is 12.8. The number of unbranched alkanes of at least 4 members (excludes halogenated alkanes) is 1. The first-order valence-electron chi connectivity index (χ1n) is 12.7. The van der Waals surface area contributed by atoms with Crippen LogP contribution in [0.1, 0.15) is 37.0 Å². The number of aromatic nitrogens is 1. The number of primary amides is 1. The highest BCUT2D eigenvalue weighted by Crippen LogP contribution is 2.29. The van der Waals surface area contributed by atoms with E-state index in [1.807, 2.05) is 26.0 Å². The zero-order valence-electron chi connectivity index (χ0n) is 21.1. The SMILES string of the molecule is CC(C)[C@@H](Nc1ccccc1C(=O)NCCCCN1CCN(c2nsc3ccccc23)CC1)C(N)=O. The van der Waals surface area contributed by atoms with Gasteiger partial charge in [-0.3, -0.25) is 14.5 Å². The fourth-order valence-corrected chi connectivity index (χ4v) is 5.38. The van der Waals surface area contributed by atoms with Crippen molar-refractivity contribution in [2.24, 2.45) is 11.7 Å². The molecule has 2 heterocycles. The van der Waals surface area contributed by atoms with Crippen LogP contribution in [0.3, 0.4) is 0 Å². The molecule has 3 aromatic rings. The number of hydrogen-bond acceptors (Lipinski definition) is 7. The monoisotopic (exact) mass is 508 g/mol. The summed E-state index contributed by atoms with van der Waals surface area (Å²) < 4.78 is 5.93. The number of nitrogens with one attached hydrogen (secondary N) is 2. The van der Waals surface area contributed by atoms with Gasteiger partial charge >= 0.3 is 0 Å². The Morgan fingerprint density at radius 3 is 2.50 bits per heavy atom. The molecule has 0 radical (unpaired) electrons.